The van der Waals surface area contributed by atoms with Gasteiger partial charge in [0, 0.05) is 50.3 Å². The van der Waals surface area contributed by atoms with Gasteiger partial charge in [-0.25, -0.2) is 9.13 Å². The number of nitrogens with one attached hydrogen (secondary N) is 4. The molecule has 0 fully saturated rings. The van der Waals surface area contributed by atoms with E-state index >= 15 is 0 Å². The maximum Gasteiger partial charge on any atom is 0.472 e. The molecule has 26 heteroatoms. The number of allylic oxidation sites excluding steroid dienone is 4. The van der Waals surface area contributed by atoms with E-state index in [2.05, 4.69) is 87.1 Å². The van der Waals surface area contributed by atoms with E-state index in [4.69, 9.17) is 37.0 Å². The number of hydrogen-bond donors (Lipinski definition) is 8. The van der Waals surface area contributed by atoms with Crippen molar-refractivity contribution in [1.82, 2.24) is 21.3 Å². The average Bonchev–Trinajstić information content (AvgIpc) is 0.896. The summed E-state index contributed by atoms with van der Waals surface area (Å²) in [7, 11) is -9.55. The molecule has 0 aliphatic heterocycles. The number of benzene rings is 1. The molecule has 4 unspecified atom stereocenters. The van der Waals surface area contributed by atoms with Gasteiger partial charge in [0.15, 0.2) is 0 Å². The molecule has 0 saturated carbocycles. The van der Waals surface area contributed by atoms with Gasteiger partial charge in [-0.3, -0.25) is 46.9 Å². The summed E-state index contributed by atoms with van der Waals surface area (Å²) in [6, 6.07) is 3.65. The molecule has 1 aromatic rings. The molecule has 1 aromatic carbocycles. The summed E-state index contributed by atoms with van der Waals surface area (Å²) in [5.74, 6) is -2.88. The maximum absolute atomic E-state index is 13.7. The Balaban J connectivity index is 2.94. The molecule has 0 bridgehead atoms. The highest BCUT2D eigenvalue weighted by atomic mass is 31.2. The lowest BCUT2D eigenvalue weighted by atomic mass is 10.1. The van der Waals surface area contributed by atoms with Gasteiger partial charge < -0.3 is 60.2 Å². The number of unbranched alkanes of at least 4 members (excludes halogenated alkanes) is 26. The number of amides is 4. The second-order valence-corrected chi connectivity index (χ2v) is 31.6. The number of hydrogen-bond acceptors (Lipinski definition) is 18. The molecule has 1 rings (SSSR count). The van der Waals surface area contributed by atoms with E-state index in [1.54, 1.807) is 0 Å². The van der Waals surface area contributed by atoms with Crippen molar-refractivity contribution in [1.29, 1.82) is 0 Å². The van der Waals surface area contributed by atoms with Crippen LogP contribution in [-0.2, 0) is 65.4 Å². The summed E-state index contributed by atoms with van der Waals surface area (Å²) in [6.45, 7) is 10.6. The molecule has 0 aromatic heterocycles. The zero-order valence-corrected chi connectivity index (χ0v) is 69.3. The van der Waals surface area contributed by atoms with Crippen LogP contribution in [0.5, 0.6) is 0 Å². The smallest absolute Gasteiger partial charge is 0.462 e. The zero-order chi connectivity index (χ0) is 79.4. The Kier molecular flexibility index (Phi) is 65.2. The molecule has 8 N–H and O–H groups in total. The van der Waals surface area contributed by atoms with Crippen LogP contribution in [0.15, 0.2) is 48.6 Å². The Morgan fingerprint density at radius 3 is 1.02 bits per heavy atom. The van der Waals surface area contributed by atoms with Gasteiger partial charge in [0.2, 0.25) is 11.8 Å². The monoisotopic (exact) mass is 1570 g/mol. The van der Waals surface area contributed by atoms with Crippen molar-refractivity contribution in [2.24, 2.45) is 0 Å². The molecule has 0 spiro atoms. The quantitative estimate of drug-likeness (QED) is 0.0130. The number of carbonyl (C=O) groups is 6. The first-order chi connectivity index (χ1) is 52.2. The highest BCUT2D eigenvalue weighted by Crippen LogP contribution is 2.44. The molecule has 4 amide bonds. The van der Waals surface area contributed by atoms with Crippen LogP contribution in [0.3, 0.4) is 0 Å². The van der Waals surface area contributed by atoms with Crippen molar-refractivity contribution in [3.63, 3.8) is 0 Å². The molecular formula is C82H148N4O20P2. The second-order valence-electron chi connectivity index (χ2n) is 28.7. The number of phosphoric acid groups is 2. The van der Waals surface area contributed by atoms with E-state index in [1.165, 1.54) is 62.8 Å². The summed E-state index contributed by atoms with van der Waals surface area (Å²) < 4.78 is 71.0. The van der Waals surface area contributed by atoms with Crippen molar-refractivity contribution in [3.8, 4) is 0 Å². The molecule has 626 valence electrons. The number of ether oxygens (including phenoxy) is 4. The standard InChI is InChI=1S/C82H148N4O20P2/c1-7-13-19-25-27-29-31-37-43-49-79(91)105-75(47-41-35-23-17-11-5)63-77(89)85-71(65-99-59-55-73(87)45-39-33-21-15-9-3)67-103-107(95,96)101-61-57-83-81(93)69-51-53-70(54-52-69)82(94)84-58-62-102-108(97,98)104-68-72(66-100-60-56-74(88)46-40-34-22-16-10-4)86-78(90)64-76(48-42-36-24-18-12-6)106-80(92)50-44-38-32-30-28-26-20-14-8-2/h29-32,51-54,71-76,87-88H,7-28,33-50,55-68H2,1-6H3,(H,83,93)(H,84,94)(H,85,89)(H,86,90)(H,95,96)(H,97,98)/b31-29-,32-30-/t71?,72?,73-,74-,75-,76-/m1/s1. The lowest BCUT2D eigenvalue weighted by Gasteiger charge is -2.23. The molecule has 0 aliphatic carbocycles. The topological polar surface area (TPSA) is 339 Å². The van der Waals surface area contributed by atoms with Crippen molar-refractivity contribution in [2.75, 3.05) is 65.9 Å². The first-order valence-electron chi connectivity index (χ1n) is 41.9. The highest BCUT2D eigenvalue weighted by molar-refractivity contribution is 7.47. The molecule has 0 aliphatic rings. The summed E-state index contributed by atoms with van der Waals surface area (Å²) >= 11 is 0. The Bertz CT molecular complexity index is 2410. The number of aliphatic hydroxyl groups excluding tert-OH is 2. The molecule has 8 atom stereocenters. The van der Waals surface area contributed by atoms with Crippen LogP contribution in [0.4, 0.5) is 0 Å². The summed E-state index contributed by atoms with van der Waals surface area (Å²) in [5.41, 5.74) is 0.285. The Labute approximate surface area is 650 Å². The largest absolute Gasteiger partial charge is 0.472 e. The molecular weight excluding hydrogens is 1420 g/mol. The van der Waals surface area contributed by atoms with E-state index in [9.17, 15) is 57.9 Å². The van der Waals surface area contributed by atoms with Crippen LogP contribution in [0.2, 0.25) is 0 Å². The zero-order valence-electron chi connectivity index (χ0n) is 67.5. The first-order valence-corrected chi connectivity index (χ1v) is 44.9. The average molecular weight is 1570 g/mol. The minimum Gasteiger partial charge on any atom is -0.462 e. The third-order valence-corrected chi connectivity index (χ3v) is 20.3. The van der Waals surface area contributed by atoms with Crippen LogP contribution in [0.1, 0.15) is 345 Å². The molecule has 24 nitrogen and oxygen atoms in total. The van der Waals surface area contributed by atoms with Crippen LogP contribution in [0, 0.1) is 0 Å². The minimum absolute atomic E-state index is 0.130. The summed E-state index contributed by atoms with van der Waals surface area (Å²) in [4.78, 5) is 101. The molecule has 0 heterocycles. The van der Waals surface area contributed by atoms with E-state index in [1.807, 2.05) is 0 Å². The third-order valence-electron chi connectivity index (χ3n) is 18.4. The predicted octanol–water partition coefficient (Wildman–Crippen LogP) is 17.4. The van der Waals surface area contributed by atoms with Crippen LogP contribution in [-0.4, -0.2) is 158 Å². The predicted molar refractivity (Wildman–Crippen MR) is 427 cm³/mol. The fraction of sp³-hybridized carbons (Fsp3) is 0.805. The van der Waals surface area contributed by atoms with Crippen LogP contribution < -0.4 is 21.3 Å². The van der Waals surface area contributed by atoms with E-state index < -0.39 is 102 Å². The fourth-order valence-corrected chi connectivity index (χ4v) is 13.4. The number of carbonyl (C=O) groups excluding carboxylic acids is 6. The summed E-state index contributed by atoms with van der Waals surface area (Å²) in [5, 5.41) is 32.0. The number of esters is 2. The van der Waals surface area contributed by atoms with Gasteiger partial charge in [0.1, 0.15) is 12.2 Å². The molecule has 108 heavy (non-hydrogen) atoms. The third kappa shape index (κ3) is 61.2. The van der Waals surface area contributed by atoms with E-state index in [-0.39, 0.29) is 88.3 Å². The number of rotatable bonds is 76. The van der Waals surface area contributed by atoms with Gasteiger partial charge in [-0.15, -0.1) is 0 Å². The number of aliphatic hydroxyl groups is 2. The molecule has 0 saturated heterocycles. The van der Waals surface area contributed by atoms with Gasteiger partial charge in [0.25, 0.3) is 11.8 Å². The van der Waals surface area contributed by atoms with Crippen molar-refractivity contribution >= 4 is 51.2 Å². The van der Waals surface area contributed by atoms with Gasteiger partial charge in [-0.2, -0.15) is 0 Å². The van der Waals surface area contributed by atoms with Gasteiger partial charge in [-0.05, 0) is 127 Å². The maximum atomic E-state index is 13.7. The Hall–Kier alpha value is -4.42. The molecule has 0 radical (unpaired) electrons. The SMILES string of the molecule is CCCCCC/C=C\CCCC(=O)O[C@H](CCCCCCC)CC(=O)NC(COCC[C@H](O)CCCCCCC)COP(=O)(O)OCCNC(=O)c1ccc(C(=O)NCCOP(=O)(O)OCC(COCC[C@H](O)CCCCCCC)NC(=O)C[C@@H](CCCCCCC)OC(=O)CCC/C=C\CCCCCC)cc1. The van der Waals surface area contributed by atoms with Crippen LogP contribution in [0.25, 0.3) is 0 Å². The van der Waals surface area contributed by atoms with Crippen molar-refractivity contribution in [2.45, 2.75) is 361 Å². The normalized spacial score (nSPS) is 14.5. The number of phosphoric ester groups is 2. The van der Waals surface area contributed by atoms with Gasteiger partial charge >= 0.3 is 27.6 Å². The second kappa shape index (κ2) is 69.3. The Morgan fingerprint density at radius 1 is 0.380 bits per heavy atom. The van der Waals surface area contributed by atoms with E-state index in [0.29, 0.717) is 51.4 Å². The van der Waals surface area contributed by atoms with E-state index in [0.717, 1.165) is 167 Å². The van der Waals surface area contributed by atoms with Gasteiger partial charge in [-0.1, -0.05) is 220 Å². The lowest BCUT2D eigenvalue weighted by molar-refractivity contribution is -0.152. The van der Waals surface area contributed by atoms with Crippen molar-refractivity contribution in [3.05, 3.63) is 59.7 Å². The van der Waals surface area contributed by atoms with Crippen LogP contribution >= 0.6 is 15.6 Å². The Morgan fingerprint density at radius 2 is 0.685 bits per heavy atom. The lowest BCUT2D eigenvalue weighted by Crippen LogP contribution is -2.43. The van der Waals surface area contributed by atoms with Gasteiger partial charge in [0.05, 0.1) is 76.8 Å². The minimum atomic E-state index is -4.78. The highest BCUT2D eigenvalue weighted by Gasteiger charge is 2.29. The van der Waals surface area contributed by atoms with Crippen molar-refractivity contribution < 1.29 is 94.9 Å². The first kappa shape index (κ1) is 102. The fourth-order valence-electron chi connectivity index (χ4n) is 11.9. The summed E-state index contributed by atoms with van der Waals surface area (Å²) in [6.07, 6.45) is 43.6.